The number of rotatable bonds is 6. The summed E-state index contributed by atoms with van der Waals surface area (Å²) in [7, 11) is 0. The normalized spacial score (nSPS) is 22.4. The van der Waals surface area contributed by atoms with Gasteiger partial charge in [-0.3, -0.25) is 4.79 Å². The first-order valence-corrected chi connectivity index (χ1v) is 8.60. The molecule has 0 aliphatic heterocycles. The van der Waals surface area contributed by atoms with Crippen LogP contribution in [0, 0.1) is 5.92 Å². The van der Waals surface area contributed by atoms with Crippen LogP contribution in [0.25, 0.3) is 0 Å². The van der Waals surface area contributed by atoms with E-state index in [9.17, 15) is 4.79 Å². The molecule has 1 saturated carbocycles. The second-order valence-corrected chi connectivity index (χ2v) is 7.32. The molecule has 0 amide bonds. The van der Waals surface area contributed by atoms with Crippen molar-refractivity contribution >= 4 is 17.6 Å². The van der Waals surface area contributed by atoms with E-state index in [1.54, 1.807) is 17.0 Å². The van der Waals surface area contributed by atoms with Crippen LogP contribution < -0.4 is 10.9 Å². The minimum absolute atomic E-state index is 0.00773. The third kappa shape index (κ3) is 3.78. The number of hydrogen-bond acceptors (Lipinski definition) is 4. The Balaban J connectivity index is 2.11. The molecule has 0 aromatic carbocycles. The third-order valence-corrected chi connectivity index (χ3v) is 4.96. The van der Waals surface area contributed by atoms with Gasteiger partial charge in [0.25, 0.3) is 5.56 Å². The molecule has 0 radical (unpaired) electrons. The van der Waals surface area contributed by atoms with Gasteiger partial charge in [-0.25, -0.2) is 4.98 Å². The van der Waals surface area contributed by atoms with Gasteiger partial charge in [-0.1, -0.05) is 27.2 Å². The van der Waals surface area contributed by atoms with Gasteiger partial charge in [0.2, 0.25) is 0 Å². The molecular weight excluding hydrogens is 270 g/mol. The molecule has 0 bridgehead atoms. The van der Waals surface area contributed by atoms with Crippen LogP contribution in [0.4, 0.5) is 5.82 Å². The second-order valence-electron chi connectivity index (χ2n) is 5.80. The fraction of sp³-hybridized carbons (Fsp3) is 0.733. The summed E-state index contributed by atoms with van der Waals surface area (Å²) < 4.78 is 1.76. The second kappa shape index (κ2) is 7.16. The quantitative estimate of drug-likeness (QED) is 0.876. The summed E-state index contributed by atoms with van der Waals surface area (Å²) in [6.07, 6.45) is 7.12. The number of aromatic nitrogens is 2. The van der Waals surface area contributed by atoms with Crippen molar-refractivity contribution in [2.24, 2.45) is 5.92 Å². The first-order chi connectivity index (χ1) is 9.61. The van der Waals surface area contributed by atoms with E-state index in [-0.39, 0.29) is 5.56 Å². The molecule has 1 fully saturated rings. The molecule has 1 aliphatic rings. The van der Waals surface area contributed by atoms with Crippen molar-refractivity contribution in [3.63, 3.8) is 0 Å². The van der Waals surface area contributed by atoms with Crippen molar-refractivity contribution in [1.82, 2.24) is 9.55 Å². The van der Waals surface area contributed by atoms with Gasteiger partial charge in [-0.2, -0.15) is 11.8 Å². The summed E-state index contributed by atoms with van der Waals surface area (Å²) in [6, 6.07) is 0.384. The Bertz CT molecular complexity index is 486. The minimum atomic E-state index is 0.00773. The van der Waals surface area contributed by atoms with Crippen LogP contribution in [0.5, 0.6) is 0 Å². The number of anilines is 1. The largest absolute Gasteiger partial charge is 0.362 e. The molecule has 1 heterocycles. The van der Waals surface area contributed by atoms with E-state index in [1.165, 1.54) is 12.8 Å². The lowest BCUT2D eigenvalue weighted by Crippen LogP contribution is -2.33. The van der Waals surface area contributed by atoms with E-state index in [0.29, 0.717) is 23.0 Å². The van der Waals surface area contributed by atoms with Crippen molar-refractivity contribution < 1.29 is 0 Å². The van der Waals surface area contributed by atoms with Crippen LogP contribution in [0.15, 0.2) is 17.2 Å². The number of nitrogens with one attached hydrogen (secondary N) is 1. The highest BCUT2D eigenvalue weighted by molar-refractivity contribution is 7.99. The van der Waals surface area contributed by atoms with Crippen LogP contribution in [-0.4, -0.2) is 26.6 Å². The molecule has 112 valence electrons. The fourth-order valence-corrected chi connectivity index (χ4v) is 3.96. The molecule has 0 saturated heterocycles. The molecule has 20 heavy (non-hydrogen) atoms. The zero-order valence-corrected chi connectivity index (χ0v) is 13.4. The Morgan fingerprint density at radius 2 is 2.30 bits per heavy atom. The van der Waals surface area contributed by atoms with E-state index in [4.69, 9.17) is 0 Å². The molecule has 2 atom stereocenters. The Kier molecular flexibility index (Phi) is 5.52. The molecule has 2 unspecified atom stereocenters. The monoisotopic (exact) mass is 295 g/mol. The fourth-order valence-electron chi connectivity index (χ4n) is 2.76. The average Bonchev–Trinajstić information content (AvgIpc) is 2.82. The predicted octanol–water partition coefficient (Wildman–Crippen LogP) is 2.99. The van der Waals surface area contributed by atoms with Crippen molar-refractivity contribution in [3.05, 3.63) is 22.7 Å². The van der Waals surface area contributed by atoms with Crippen LogP contribution in [0.3, 0.4) is 0 Å². The van der Waals surface area contributed by atoms with E-state index in [0.717, 1.165) is 18.7 Å². The molecule has 1 aromatic heterocycles. The maximum absolute atomic E-state index is 12.4. The molecule has 5 heteroatoms. The lowest BCUT2D eigenvalue weighted by Gasteiger charge is -2.20. The van der Waals surface area contributed by atoms with Crippen LogP contribution in [0.1, 0.15) is 40.0 Å². The summed E-state index contributed by atoms with van der Waals surface area (Å²) in [5.74, 6) is 2.10. The maximum Gasteiger partial charge on any atom is 0.293 e. The van der Waals surface area contributed by atoms with Gasteiger partial charge >= 0.3 is 0 Å². The van der Waals surface area contributed by atoms with Gasteiger partial charge < -0.3 is 9.88 Å². The molecule has 1 aliphatic carbocycles. The SMILES string of the molecule is CCSC1CCCC1Nc1nccn(CC(C)C)c1=O. The van der Waals surface area contributed by atoms with Gasteiger partial charge in [-0.15, -0.1) is 0 Å². The highest BCUT2D eigenvalue weighted by Gasteiger charge is 2.28. The van der Waals surface area contributed by atoms with Gasteiger partial charge in [-0.05, 0) is 24.5 Å². The van der Waals surface area contributed by atoms with Crippen molar-refractivity contribution in [2.45, 2.75) is 57.9 Å². The van der Waals surface area contributed by atoms with Crippen molar-refractivity contribution in [2.75, 3.05) is 11.1 Å². The van der Waals surface area contributed by atoms with Gasteiger partial charge in [0.05, 0.1) is 0 Å². The standard InChI is InChI=1S/C15H25N3OS/c1-4-20-13-7-5-6-12(13)17-14-15(19)18(9-8-16-14)10-11(2)3/h8-9,11-13H,4-7,10H2,1-3H3,(H,16,17). The molecule has 1 N–H and O–H groups in total. The molecule has 4 nitrogen and oxygen atoms in total. The lowest BCUT2D eigenvalue weighted by molar-refractivity contribution is 0.509. The Labute approximate surface area is 125 Å². The lowest BCUT2D eigenvalue weighted by atomic mass is 10.2. The highest BCUT2D eigenvalue weighted by atomic mass is 32.2. The number of nitrogens with zero attached hydrogens (tertiary/aromatic N) is 2. The first kappa shape index (κ1) is 15.4. The summed E-state index contributed by atoms with van der Waals surface area (Å²) in [6.45, 7) is 7.17. The summed E-state index contributed by atoms with van der Waals surface area (Å²) >= 11 is 1.99. The van der Waals surface area contributed by atoms with Crippen LogP contribution in [0.2, 0.25) is 0 Å². The van der Waals surface area contributed by atoms with Crippen molar-refractivity contribution in [1.29, 1.82) is 0 Å². The minimum Gasteiger partial charge on any atom is -0.362 e. The summed E-state index contributed by atoms with van der Waals surface area (Å²) in [5, 5.41) is 4.00. The number of hydrogen-bond donors (Lipinski definition) is 1. The van der Waals surface area contributed by atoms with E-state index in [2.05, 4.69) is 31.1 Å². The number of thioether (sulfide) groups is 1. The van der Waals surface area contributed by atoms with Gasteiger partial charge in [0.15, 0.2) is 5.82 Å². The zero-order valence-electron chi connectivity index (χ0n) is 12.6. The first-order valence-electron chi connectivity index (χ1n) is 7.55. The molecular formula is C15H25N3OS. The van der Waals surface area contributed by atoms with Crippen LogP contribution in [-0.2, 0) is 6.54 Å². The van der Waals surface area contributed by atoms with E-state index >= 15 is 0 Å². The third-order valence-electron chi connectivity index (χ3n) is 3.63. The smallest absolute Gasteiger partial charge is 0.293 e. The van der Waals surface area contributed by atoms with E-state index < -0.39 is 0 Å². The Morgan fingerprint density at radius 1 is 1.50 bits per heavy atom. The van der Waals surface area contributed by atoms with Gasteiger partial charge in [0.1, 0.15) is 0 Å². The zero-order chi connectivity index (χ0) is 14.5. The topological polar surface area (TPSA) is 46.9 Å². The molecule has 0 spiro atoms. The summed E-state index contributed by atoms with van der Waals surface area (Å²) in [5.41, 5.74) is 0.00773. The Hall–Kier alpha value is -0.970. The maximum atomic E-state index is 12.4. The average molecular weight is 295 g/mol. The summed E-state index contributed by atoms with van der Waals surface area (Å²) in [4.78, 5) is 16.6. The molecule has 2 rings (SSSR count). The Morgan fingerprint density at radius 3 is 3.00 bits per heavy atom. The van der Waals surface area contributed by atoms with E-state index in [1.807, 2.05) is 11.8 Å². The van der Waals surface area contributed by atoms with Crippen LogP contribution >= 0.6 is 11.8 Å². The highest BCUT2D eigenvalue weighted by Crippen LogP contribution is 2.31. The van der Waals surface area contributed by atoms with Crippen molar-refractivity contribution in [3.8, 4) is 0 Å². The predicted molar refractivity (Wildman–Crippen MR) is 86.5 cm³/mol. The van der Waals surface area contributed by atoms with Gasteiger partial charge in [0, 0.05) is 30.2 Å². The molecule has 1 aromatic rings.